The Labute approximate surface area is 139 Å². The number of likely N-dealkylation sites (tertiary alicyclic amines) is 1. The van der Waals surface area contributed by atoms with Crippen molar-refractivity contribution in [2.24, 2.45) is 0 Å². The van der Waals surface area contributed by atoms with Gasteiger partial charge in [0.25, 0.3) is 5.91 Å². The summed E-state index contributed by atoms with van der Waals surface area (Å²) in [5.41, 5.74) is 6.90. The molecular formula is C17H17ClFN3O. The Balaban J connectivity index is 1.78. The topological polar surface area (TPSA) is 59.2 Å². The third-order valence-electron chi connectivity index (χ3n) is 4.11. The standard InChI is InChI=1S/C17H17ClFN3O/c18-15-9-12(10-21-16(15)20)17(23)22-6-2-5-14(22)8-11-3-1-4-13(19)7-11/h1,3-4,7,9-10,14H,2,5-6,8H2,(H2,20,21). The van der Waals surface area contributed by atoms with Crippen molar-refractivity contribution in [1.29, 1.82) is 0 Å². The molecule has 1 aliphatic rings. The molecule has 23 heavy (non-hydrogen) atoms. The Bertz CT molecular complexity index is 738. The summed E-state index contributed by atoms with van der Waals surface area (Å²) in [6.45, 7) is 0.681. The molecule has 3 rings (SSSR count). The van der Waals surface area contributed by atoms with Crippen molar-refractivity contribution in [3.63, 3.8) is 0 Å². The fraction of sp³-hybridized carbons (Fsp3) is 0.294. The first kappa shape index (κ1) is 15.7. The lowest BCUT2D eigenvalue weighted by atomic mass is 10.0. The second-order valence-corrected chi connectivity index (χ2v) is 6.13. The molecular weight excluding hydrogens is 317 g/mol. The Morgan fingerprint density at radius 1 is 1.43 bits per heavy atom. The fourth-order valence-electron chi connectivity index (χ4n) is 2.98. The fourth-order valence-corrected chi connectivity index (χ4v) is 3.15. The van der Waals surface area contributed by atoms with Gasteiger partial charge in [0.1, 0.15) is 11.6 Å². The van der Waals surface area contributed by atoms with Crippen LogP contribution in [-0.4, -0.2) is 28.4 Å². The molecule has 1 saturated heterocycles. The van der Waals surface area contributed by atoms with E-state index in [1.165, 1.54) is 18.3 Å². The predicted octanol–water partition coefficient (Wildman–Crippen LogP) is 3.30. The average molecular weight is 334 g/mol. The summed E-state index contributed by atoms with van der Waals surface area (Å²) in [4.78, 5) is 18.4. The van der Waals surface area contributed by atoms with Crippen LogP contribution in [-0.2, 0) is 6.42 Å². The lowest BCUT2D eigenvalue weighted by molar-refractivity contribution is 0.0736. The summed E-state index contributed by atoms with van der Waals surface area (Å²) in [6, 6.07) is 8.11. The molecule has 1 amide bonds. The van der Waals surface area contributed by atoms with Crippen molar-refractivity contribution in [3.8, 4) is 0 Å². The largest absolute Gasteiger partial charge is 0.382 e. The van der Waals surface area contributed by atoms with Crippen LogP contribution in [0.3, 0.4) is 0 Å². The lowest BCUT2D eigenvalue weighted by Crippen LogP contribution is -2.36. The van der Waals surface area contributed by atoms with Crippen molar-refractivity contribution in [2.45, 2.75) is 25.3 Å². The number of hydrogen-bond donors (Lipinski definition) is 1. The van der Waals surface area contributed by atoms with Gasteiger partial charge in [-0.2, -0.15) is 0 Å². The third kappa shape index (κ3) is 3.45. The molecule has 0 radical (unpaired) electrons. The van der Waals surface area contributed by atoms with Crippen LogP contribution in [0.5, 0.6) is 0 Å². The van der Waals surface area contributed by atoms with E-state index in [0.29, 0.717) is 18.5 Å². The number of nitrogens with zero attached hydrogens (tertiary/aromatic N) is 2. The molecule has 0 saturated carbocycles. The highest BCUT2D eigenvalue weighted by atomic mass is 35.5. The van der Waals surface area contributed by atoms with Crippen molar-refractivity contribution < 1.29 is 9.18 Å². The van der Waals surface area contributed by atoms with Crippen LogP contribution in [0.25, 0.3) is 0 Å². The number of benzene rings is 1. The quantitative estimate of drug-likeness (QED) is 0.937. The van der Waals surface area contributed by atoms with E-state index < -0.39 is 0 Å². The average Bonchev–Trinajstić information content (AvgIpc) is 2.97. The molecule has 2 heterocycles. The zero-order valence-corrected chi connectivity index (χ0v) is 13.3. The molecule has 1 aliphatic heterocycles. The van der Waals surface area contributed by atoms with E-state index in [1.54, 1.807) is 12.1 Å². The Kier molecular flexibility index (Phi) is 4.48. The molecule has 1 aromatic carbocycles. The number of pyridine rings is 1. The maximum Gasteiger partial charge on any atom is 0.255 e. The summed E-state index contributed by atoms with van der Waals surface area (Å²) in [5, 5.41) is 0.275. The van der Waals surface area contributed by atoms with Gasteiger partial charge in [0.05, 0.1) is 10.6 Å². The summed E-state index contributed by atoms with van der Waals surface area (Å²) in [7, 11) is 0. The van der Waals surface area contributed by atoms with Crippen molar-refractivity contribution in [1.82, 2.24) is 9.88 Å². The number of hydrogen-bond acceptors (Lipinski definition) is 3. The minimum atomic E-state index is -0.257. The van der Waals surface area contributed by atoms with Gasteiger partial charge in [0, 0.05) is 18.8 Å². The molecule has 0 spiro atoms. The van der Waals surface area contributed by atoms with Crippen LogP contribution >= 0.6 is 11.6 Å². The number of carbonyl (C=O) groups is 1. The molecule has 2 N–H and O–H groups in total. The van der Waals surface area contributed by atoms with E-state index >= 15 is 0 Å². The van der Waals surface area contributed by atoms with Gasteiger partial charge in [-0.1, -0.05) is 23.7 Å². The highest BCUT2D eigenvalue weighted by Gasteiger charge is 2.29. The van der Waals surface area contributed by atoms with Crippen LogP contribution in [0, 0.1) is 5.82 Å². The van der Waals surface area contributed by atoms with Crippen molar-refractivity contribution in [3.05, 3.63) is 58.5 Å². The smallest absolute Gasteiger partial charge is 0.255 e. The van der Waals surface area contributed by atoms with E-state index in [9.17, 15) is 9.18 Å². The van der Waals surface area contributed by atoms with E-state index in [1.807, 2.05) is 11.0 Å². The Hall–Kier alpha value is -2.14. The van der Waals surface area contributed by atoms with E-state index in [0.717, 1.165) is 18.4 Å². The first-order valence-electron chi connectivity index (χ1n) is 7.51. The molecule has 2 aromatic rings. The summed E-state index contributed by atoms with van der Waals surface area (Å²) < 4.78 is 13.3. The molecule has 0 bridgehead atoms. The number of halogens is 2. The van der Waals surface area contributed by atoms with Gasteiger partial charge in [0.15, 0.2) is 0 Å². The highest BCUT2D eigenvalue weighted by molar-refractivity contribution is 6.33. The van der Waals surface area contributed by atoms with Gasteiger partial charge >= 0.3 is 0 Å². The van der Waals surface area contributed by atoms with Crippen LogP contribution in [0.4, 0.5) is 10.2 Å². The molecule has 1 aromatic heterocycles. The first-order chi connectivity index (χ1) is 11.0. The van der Waals surface area contributed by atoms with Gasteiger partial charge < -0.3 is 10.6 Å². The van der Waals surface area contributed by atoms with E-state index in [2.05, 4.69) is 4.98 Å². The Morgan fingerprint density at radius 2 is 2.26 bits per heavy atom. The molecule has 1 fully saturated rings. The molecule has 6 heteroatoms. The van der Waals surface area contributed by atoms with Crippen molar-refractivity contribution in [2.75, 3.05) is 12.3 Å². The van der Waals surface area contributed by atoms with Crippen LogP contribution in [0.2, 0.25) is 5.02 Å². The zero-order chi connectivity index (χ0) is 16.4. The molecule has 1 unspecified atom stereocenters. The van der Waals surface area contributed by atoms with Crippen LogP contribution < -0.4 is 5.73 Å². The molecule has 120 valence electrons. The minimum Gasteiger partial charge on any atom is -0.382 e. The second kappa shape index (κ2) is 6.54. The van der Waals surface area contributed by atoms with Gasteiger partial charge in [-0.15, -0.1) is 0 Å². The van der Waals surface area contributed by atoms with Gasteiger partial charge in [-0.05, 0) is 43.0 Å². The number of nitrogen functional groups attached to an aromatic ring is 1. The Morgan fingerprint density at radius 3 is 3.00 bits per heavy atom. The number of amides is 1. The number of nitrogens with two attached hydrogens (primary N) is 1. The number of anilines is 1. The molecule has 0 aliphatic carbocycles. The van der Waals surface area contributed by atoms with Crippen LogP contribution in [0.15, 0.2) is 36.5 Å². The number of aromatic nitrogens is 1. The monoisotopic (exact) mass is 333 g/mol. The molecule has 1 atom stereocenters. The normalized spacial score (nSPS) is 17.5. The maximum atomic E-state index is 13.3. The summed E-state index contributed by atoms with van der Waals surface area (Å²) in [5.74, 6) is -0.160. The van der Waals surface area contributed by atoms with Crippen molar-refractivity contribution >= 4 is 23.3 Å². The van der Waals surface area contributed by atoms with Crippen LogP contribution in [0.1, 0.15) is 28.8 Å². The third-order valence-corrected chi connectivity index (χ3v) is 4.42. The van der Waals surface area contributed by atoms with Gasteiger partial charge in [0.2, 0.25) is 0 Å². The van der Waals surface area contributed by atoms with E-state index in [-0.39, 0.29) is 28.6 Å². The highest BCUT2D eigenvalue weighted by Crippen LogP contribution is 2.25. The van der Waals surface area contributed by atoms with E-state index in [4.69, 9.17) is 17.3 Å². The number of rotatable bonds is 3. The number of carbonyl (C=O) groups excluding carboxylic acids is 1. The predicted molar refractivity (Wildman–Crippen MR) is 87.8 cm³/mol. The zero-order valence-electron chi connectivity index (χ0n) is 12.5. The minimum absolute atomic E-state index is 0.0561. The summed E-state index contributed by atoms with van der Waals surface area (Å²) in [6.07, 6.45) is 3.92. The maximum absolute atomic E-state index is 13.3. The lowest BCUT2D eigenvalue weighted by Gasteiger charge is -2.25. The second-order valence-electron chi connectivity index (χ2n) is 5.72. The molecule has 4 nitrogen and oxygen atoms in total. The summed E-state index contributed by atoms with van der Waals surface area (Å²) >= 11 is 5.95. The van der Waals surface area contributed by atoms with Gasteiger partial charge in [-0.3, -0.25) is 4.79 Å². The first-order valence-corrected chi connectivity index (χ1v) is 7.89. The van der Waals surface area contributed by atoms with Gasteiger partial charge in [-0.25, -0.2) is 9.37 Å². The SMILES string of the molecule is Nc1ncc(C(=O)N2CCCC2Cc2cccc(F)c2)cc1Cl.